The molecule has 0 radical (unpaired) electrons. The smallest absolute Gasteiger partial charge is 0.466 e. The first-order valence-electron chi connectivity index (χ1n) is 9.24. The van der Waals surface area contributed by atoms with Crippen LogP contribution in [0.1, 0.15) is 52.4 Å². The lowest BCUT2D eigenvalue weighted by molar-refractivity contribution is -0.143. The minimum atomic E-state index is -0.504. The van der Waals surface area contributed by atoms with Gasteiger partial charge in [-0.3, -0.25) is 4.79 Å². The van der Waals surface area contributed by atoms with Gasteiger partial charge in [-0.15, -0.1) is 0 Å². The first kappa shape index (κ1) is 18.9. The van der Waals surface area contributed by atoms with Crippen LogP contribution >= 0.6 is 0 Å². The number of rotatable bonds is 5. The molecule has 0 spiro atoms. The molecule has 2 aromatic rings. The molecule has 0 N–H and O–H groups in total. The van der Waals surface area contributed by atoms with Crippen molar-refractivity contribution in [2.45, 2.75) is 58.1 Å². The van der Waals surface area contributed by atoms with Gasteiger partial charge in [0, 0.05) is 5.82 Å². The predicted molar refractivity (Wildman–Crippen MR) is 104 cm³/mol. The van der Waals surface area contributed by atoms with E-state index in [1.807, 2.05) is 52.8 Å². The van der Waals surface area contributed by atoms with Crippen LogP contribution < -0.4 is 0 Å². The van der Waals surface area contributed by atoms with Crippen LogP contribution in [-0.2, 0) is 18.8 Å². The number of carbonyl (C=O) groups excluding carboxylic acids is 1. The summed E-state index contributed by atoms with van der Waals surface area (Å²) >= 11 is 0. The summed E-state index contributed by atoms with van der Waals surface area (Å²) in [6.45, 7) is 10.3. The third-order valence-corrected chi connectivity index (χ3v) is 5.51. The normalized spacial score (nSPS) is 19.5. The quantitative estimate of drug-likeness (QED) is 0.586. The van der Waals surface area contributed by atoms with Crippen LogP contribution in [0.2, 0.25) is 0 Å². The molecule has 26 heavy (non-hydrogen) atoms. The maximum Gasteiger partial charge on any atom is 0.466 e. The largest absolute Gasteiger partial charge is 0.466 e. The molecule has 1 aliphatic heterocycles. The van der Waals surface area contributed by atoms with E-state index in [9.17, 15) is 4.79 Å². The summed E-state index contributed by atoms with van der Waals surface area (Å²) in [5.74, 6) is -0.471. The molecular formula is C21H27BO4. The molecule has 1 saturated heterocycles. The van der Waals surface area contributed by atoms with Crippen molar-refractivity contribution in [1.29, 1.82) is 0 Å². The van der Waals surface area contributed by atoms with Gasteiger partial charge in [0.15, 0.2) is 0 Å². The summed E-state index contributed by atoms with van der Waals surface area (Å²) < 4.78 is 17.8. The van der Waals surface area contributed by atoms with Crippen LogP contribution in [0.25, 0.3) is 10.8 Å². The minimum Gasteiger partial charge on any atom is -0.466 e. The van der Waals surface area contributed by atoms with E-state index in [1.165, 1.54) is 0 Å². The Hall–Kier alpha value is -1.85. The van der Waals surface area contributed by atoms with E-state index in [0.29, 0.717) is 6.61 Å². The lowest BCUT2D eigenvalue weighted by atomic mass is 9.65. The fourth-order valence-corrected chi connectivity index (χ4v) is 3.38. The zero-order chi connectivity index (χ0) is 18.9. The highest BCUT2D eigenvalue weighted by atomic mass is 16.7. The van der Waals surface area contributed by atoms with Gasteiger partial charge in [-0.25, -0.2) is 0 Å². The monoisotopic (exact) mass is 354 g/mol. The third kappa shape index (κ3) is 3.51. The van der Waals surface area contributed by atoms with Gasteiger partial charge in [-0.1, -0.05) is 42.5 Å². The van der Waals surface area contributed by atoms with Gasteiger partial charge in [-0.05, 0) is 51.0 Å². The number of fused-ring (bicyclic) bond motifs is 1. The van der Waals surface area contributed by atoms with Gasteiger partial charge in [-0.2, -0.15) is 0 Å². The van der Waals surface area contributed by atoms with E-state index in [0.717, 1.165) is 16.3 Å². The second-order valence-electron chi connectivity index (χ2n) is 7.81. The highest BCUT2D eigenvalue weighted by molar-refractivity contribution is 6.48. The van der Waals surface area contributed by atoms with Gasteiger partial charge in [0.1, 0.15) is 0 Å². The van der Waals surface area contributed by atoms with Crippen molar-refractivity contribution in [1.82, 2.24) is 0 Å². The van der Waals surface area contributed by atoms with Crippen LogP contribution in [0.15, 0.2) is 42.5 Å². The van der Waals surface area contributed by atoms with Crippen LogP contribution in [0.3, 0.4) is 0 Å². The van der Waals surface area contributed by atoms with Crippen molar-refractivity contribution in [3.05, 3.63) is 48.0 Å². The Morgan fingerprint density at radius 2 is 1.65 bits per heavy atom. The second-order valence-corrected chi connectivity index (χ2v) is 7.81. The molecule has 5 heteroatoms. The molecule has 3 rings (SSSR count). The lowest BCUT2D eigenvalue weighted by Gasteiger charge is -2.32. The molecular weight excluding hydrogens is 327 g/mol. The minimum absolute atomic E-state index is 0.221. The number of carbonyl (C=O) groups is 1. The molecule has 1 heterocycles. The summed E-state index contributed by atoms with van der Waals surface area (Å²) in [5, 5.41) is 2.24. The van der Waals surface area contributed by atoms with Crippen molar-refractivity contribution in [3.8, 4) is 0 Å². The van der Waals surface area contributed by atoms with Crippen LogP contribution in [-0.4, -0.2) is 30.9 Å². The zero-order valence-electron chi connectivity index (χ0n) is 16.2. The fraction of sp³-hybridized carbons (Fsp3) is 0.476. The summed E-state index contributed by atoms with van der Waals surface area (Å²) in [6, 6.07) is 14.3. The van der Waals surface area contributed by atoms with Crippen LogP contribution in [0.5, 0.6) is 0 Å². The molecule has 0 aliphatic carbocycles. The Morgan fingerprint density at radius 3 is 2.31 bits per heavy atom. The molecule has 1 aliphatic rings. The second kappa shape index (κ2) is 7.05. The Balaban J connectivity index is 2.03. The summed E-state index contributed by atoms with van der Waals surface area (Å²) in [6.07, 6.45) is 0.221. The fourth-order valence-electron chi connectivity index (χ4n) is 3.38. The summed E-state index contributed by atoms with van der Waals surface area (Å²) in [4.78, 5) is 12.3. The first-order chi connectivity index (χ1) is 12.2. The van der Waals surface area contributed by atoms with Gasteiger partial charge >= 0.3 is 13.1 Å². The Bertz CT molecular complexity index is 778. The molecule has 138 valence electrons. The average Bonchev–Trinajstić information content (AvgIpc) is 2.80. The zero-order valence-corrected chi connectivity index (χ0v) is 16.2. The van der Waals surface area contributed by atoms with Gasteiger partial charge in [0.05, 0.1) is 24.2 Å². The highest BCUT2D eigenvalue weighted by Gasteiger charge is 2.54. The molecule has 0 amide bonds. The molecule has 1 unspecified atom stereocenters. The van der Waals surface area contributed by atoms with Crippen LogP contribution in [0.4, 0.5) is 0 Å². The SMILES string of the molecule is CCOC(=O)CC(B1OC(C)(C)C(C)(C)O1)c1cccc2ccccc12. The van der Waals surface area contributed by atoms with Crippen molar-refractivity contribution in [3.63, 3.8) is 0 Å². The van der Waals surface area contributed by atoms with E-state index < -0.39 is 18.3 Å². The summed E-state index contributed by atoms with van der Waals surface area (Å²) in [7, 11) is -0.504. The van der Waals surface area contributed by atoms with Gasteiger partial charge < -0.3 is 14.0 Å². The molecule has 0 bridgehead atoms. The Morgan fingerprint density at radius 1 is 1.04 bits per heavy atom. The number of esters is 1. The highest BCUT2D eigenvalue weighted by Crippen LogP contribution is 2.43. The van der Waals surface area contributed by atoms with E-state index in [2.05, 4.69) is 24.3 Å². The maximum absolute atomic E-state index is 12.3. The van der Waals surface area contributed by atoms with Gasteiger partial charge in [0.2, 0.25) is 0 Å². The van der Waals surface area contributed by atoms with E-state index >= 15 is 0 Å². The van der Waals surface area contributed by atoms with E-state index in [4.69, 9.17) is 14.0 Å². The number of hydrogen-bond acceptors (Lipinski definition) is 4. The van der Waals surface area contributed by atoms with Crippen molar-refractivity contribution >= 4 is 23.9 Å². The van der Waals surface area contributed by atoms with Crippen molar-refractivity contribution in [2.24, 2.45) is 0 Å². The third-order valence-electron chi connectivity index (χ3n) is 5.51. The van der Waals surface area contributed by atoms with Crippen molar-refractivity contribution in [2.75, 3.05) is 6.61 Å². The average molecular weight is 354 g/mol. The van der Waals surface area contributed by atoms with Crippen LogP contribution in [0, 0.1) is 0 Å². The molecule has 1 fully saturated rings. The van der Waals surface area contributed by atoms with E-state index in [-0.39, 0.29) is 18.2 Å². The topological polar surface area (TPSA) is 44.8 Å². The maximum atomic E-state index is 12.3. The van der Waals surface area contributed by atoms with E-state index in [1.54, 1.807) is 0 Å². The summed E-state index contributed by atoms with van der Waals surface area (Å²) in [5.41, 5.74) is 0.152. The number of benzene rings is 2. The molecule has 1 atom stereocenters. The van der Waals surface area contributed by atoms with Gasteiger partial charge in [0.25, 0.3) is 0 Å². The van der Waals surface area contributed by atoms with Crippen molar-refractivity contribution < 1.29 is 18.8 Å². The number of ether oxygens (including phenoxy) is 1. The standard InChI is InChI=1S/C21H27BO4/c1-6-24-19(23)14-18(22-25-20(2,3)21(4,5)26-22)17-13-9-11-15-10-7-8-12-16(15)17/h7-13,18H,6,14H2,1-5H3. The molecule has 4 nitrogen and oxygen atoms in total. The number of hydrogen-bond donors (Lipinski definition) is 0. The Labute approximate surface area is 156 Å². The predicted octanol–water partition coefficient (Wildman–Crippen LogP) is 4.51. The molecule has 0 saturated carbocycles. The molecule has 0 aromatic heterocycles. The lowest BCUT2D eigenvalue weighted by Crippen LogP contribution is -2.41. The first-order valence-corrected chi connectivity index (χ1v) is 9.24. The molecule has 2 aromatic carbocycles. The Kier molecular flexibility index (Phi) is 5.13.